The van der Waals surface area contributed by atoms with E-state index in [9.17, 15) is 27.8 Å². The van der Waals surface area contributed by atoms with Crippen molar-refractivity contribution < 1.29 is 32.5 Å². The SMILES string of the molecule is COc1ccc(F)cc1C1(CC(O)(CNc2cccc3nc(CO)ccc23)CC(F)(F)F)CC1. The monoisotopic (exact) mass is 478 g/mol. The number of nitrogens with one attached hydrogen (secondary N) is 1. The molecule has 1 aromatic heterocycles. The Hall–Kier alpha value is -2.91. The molecule has 2 aromatic carbocycles. The molecule has 0 amide bonds. The number of methoxy groups -OCH3 is 1. The standard InChI is InChI=1S/C25H26F4N2O3/c1-34-22-8-5-16(26)11-19(22)23(9-10-23)13-24(33,14-25(27,28)29)15-30-20-3-2-4-21-18(20)7-6-17(12-32)31-21/h2-8,11,30,32-33H,9-10,12-15H2,1H3. The van der Waals surface area contributed by atoms with E-state index in [-0.39, 0.29) is 19.6 Å². The van der Waals surface area contributed by atoms with Crippen LogP contribution in [0.5, 0.6) is 5.75 Å². The molecule has 5 nitrogen and oxygen atoms in total. The molecule has 0 spiro atoms. The molecule has 9 heteroatoms. The van der Waals surface area contributed by atoms with Crippen molar-refractivity contribution in [1.82, 2.24) is 4.98 Å². The molecule has 1 aliphatic rings. The van der Waals surface area contributed by atoms with Gasteiger partial charge in [-0.05, 0) is 61.7 Å². The number of aliphatic hydroxyl groups is 2. The van der Waals surface area contributed by atoms with Crippen molar-refractivity contribution in [2.75, 3.05) is 19.0 Å². The van der Waals surface area contributed by atoms with Crippen LogP contribution in [-0.2, 0) is 12.0 Å². The van der Waals surface area contributed by atoms with Crippen LogP contribution in [-0.4, -0.2) is 40.6 Å². The Morgan fingerprint density at radius 1 is 1.12 bits per heavy atom. The molecule has 0 saturated heterocycles. The first-order valence-electron chi connectivity index (χ1n) is 10.9. The number of aromatic nitrogens is 1. The lowest BCUT2D eigenvalue weighted by atomic mass is 9.80. The zero-order valence-corrected chi connectivity index (χ0v) is 18.6. The van der Waals surface area contributed by atoms with Gasteiger partial charge in [0.25, 0.3) is 0 Å². The summed E-state index contributed by atoms with van der Waals surface area (Å²) in [5, 5.41) is 24.2. The smallest absolute Gasteiger partial charge is 0.391 e. The average Bonchev–Trinajstić information content (AvgIpc) is 3.56. The number of alkyl halides is 3. The minimum absolute atomic E-state index is 0.204. The molecule has 1 heterocycles. The van der Waals surface area contributed by atoms with E-state index in [1.807, 2.05) is 0 Å². The molecule has 1 unspecified atom stereocenters. The normalized spacial score (nSPS) is 16.8. The number of ether oxygens (including phenoxy) is 1. The van der Waals surface area contributed by atoms with Crippen LogP contribution < -0.4 is 10.1 Å². The molecule has 3 aromatic rings. The van der Waals surface area contributed by atoms with E-state index in [2.05, 4.69) is 10.3 Å². The summed E-state index contributed by atoms with van der Waals surface area (Å²) in [4.78, 5) is 4.31. The summed E-state index contributed by atoms with van der Waals surface area (Å²) in [5.41, 5.74) is -0.917. The Morgan fingerprint density at radius 2 is 1.88 bits per heavy atom. The third-order valence-electron chi connectivity index (χ3n) is 6.34. The van der Waals surface area contributed by atoms with Gasteiger partial charge in [-0.15, -0.1) is 0 Å². The zero-order valence-electron chi connectivity index (χ0n) is 18.6. The molecule has 4 rings (SSSR count). The summed E-state index contributed by atoms with van der Waals surface area (Å²) in [6, 6.07) is 12.4. The Balaban J connectivity index is 1.63. The average molecular weight is 478 g/mol. The van der Waals surface area contributed by atoms with Gasteiger partial charge in [-0.25, -0.2) is 4.39 Å². The number of hydrogen-bond acceptors (Lipinski definition) is 5. The maximum Gasteiger partial charge on any atom is 0.391 e. The van der Waals surface area contributed by atoms with E-state index in [0.29, 0.717) is 46.4 Å². The van der Waals surface area contributed by atoms with Crippen LogP contribution in [0.3, 0.4) is 0 Å². The summed E-state index contributed by atoms with van der Waals surface area (Å²) in [5.74, 6) is -0.119. The molecule has 0 aliphatic heterocycles. The maximum absolute atomic E-state index is 14.0. The van der Waals surface area contributed by atoms with Crippen LogP contribution in [0.4, 0.5) is 23.2 Å². The number of pyridine rings is 1. The number of hydrogen-bond donors (Lipinski definition) is 3. The van der Waals surface area contributed by atoms with Crippen LogP contribution in [0.25, 0.3) is 10.9 Å². The Labute approximate surface area is 194 Å². The van der Waals surface area contributed by atoms with E-state index in [4.69, 9.17) is 4.74 Å². The fraction of sp³-hybridized carbons (Fsp3) is 0.400. The summed E-state index contributed by atoms with van der Waals surface area (Å²) in [6.45, 7) is -0.600. The lowest BCUT2D eigenvalue weighted by molar-refractivity contribution is -0.175. The van der Waals surface area contributed by atoms with Crippen LogP contribution in [0.2, 0.25) is 0 Å². The molecular weight excluding hydrogens is 452 g/mol. The molecule has 1 saturated carbocycles. The number of fused-ring (bicyclic) bond motifs is 1. The molecule has 3 N–H and O–H groups in total. The van der Waals surface area contributed by atoms with Gasteiger partial charge in [-0.2, -0.15) is 13.2 Å². The zero-order chi connectivity index (χ0) is 24.6. The highest BCUT2D eigenvalue weighted by atomic mass is 19.4. The topological polar surface area (TPSA) is 74.6 Å². The molecule has 182 valence electrons. The van der Waals surface area contributed by atoms with Crippen molar-refractivity contribution >= 4 is 16.6 Å². The third kappa shape index (κ3) is 5.26. The second-order valence-corrected chi connectivity index (χ2v) is 9.00. The predicted octanol–water partition coefficient (Wildman–Crippen LogP) is 5.09. The number of benzene rings is 2. The van der Waals surface area contributed by atoms with E-state index >= 15 is 0 Å². The minimum atomic E-state index is -4.60. The number of nitrogens with zero attached hydrogens (tertiary/aromatic N) is 1. The lowest BCUT2D eigenvalue weighted by Gasteiger charge is -2.34. The highest BCUT2D eigenvalue weighted by Crippen LogP contribution is 2.57. The van der Waals surface area contributed by atoms with Gasteiger partial charge in [-0.3, -0.25) is 4.98 Å². The molecule has 0 bridgehead atoms. The van der Waals surface area contributed by atoms with Crippen LogP contribution in [0, 0.1) is 5.82 Å². The van der Waals surface area contributed by atoms with Crippen molar-refractivity contribution in [3.8, 4) is 5.75 Å². The highest BCUT2D eigenvalue weighted by molar-refractivity contribution is 5.91. The number of rotatable bonds is 9. The van der Waals surface area contributed by atoms with Gasteiger partial charge in [0.1, 0.15) is 11.6 Å². The van der Waals surface area contributed by atoms with Crippen molar-refractivity contribution in [2.45, 2.75) is 49.5 Å². The van der Waals surface area contributed by atoms with Crippen molar-refractivity contribution in [1.29, 1.82) is 0 Å². The van der Waals surface area contributed by atoms with Gasteiger partial charge in [0, 0.05) is 28.6 Å². The molecule has 1 fully saturated rings. The Morgan fingerprint density at radius 3 is 2.53 bits per heavy atom. The summed E-state index contributed by atoms with van der Waals surface area (Å²) >= 11 is 0. The first-order valence-corrected chi connectivity index (χ1v) is 10.9. The minimum Gasteiger partial charge on any atom is -0.496 e. The Bertz CT molecular complexity index is 1180. The van der Waals surface area contributed by atoms with E-state index in [1.165, 1.54) is 25.3 Å². The summed E-state index contributed by atoms with van der Waals surface area (Å²) < 4.78 is 59.9. The summed E-state index contributed by atoms with van der Waals surface area (Å²) in [7, 11) is 1.42. The first kappa shape index (κ1) is 24.2. The van der Waals surface area contributed by atoms with E-state index in [0.717, 1.165) is 0 Å². The second kappa shape index (κ2) is 9.03. The second-order valence-electron chi connectivity index (χ2n) is 9.00. The molecule has 34 heavy (non-hydrogen) atoms. The van der Waals surface area contributed by atoms with Gasteiger partial charge >= 0.3 is 6.18 Å². The molecular formula is C25H26F4N2O3. The fourth-order valence-electron chi connectivity index (χ4n) is 4.68. The lowest BCUT2D eigenvalue weighted by Crippen LogP contribution is -2.44. The third-order valence-corrected chi connectivity index (χ3v) is 6.34. The van der Waals surface area contributed by atoms with Crippen molar-refractivity contribution in [3.63, 3.8) is 0 Å². The van der Waals surface area contributed by atoms with E-state index < -0.39 is 29.4 Å². The molecule has 0 radical (unpaired) electrons. The number of aliphatic hydroxyl groups excluding tert-OH is 1. The van der Waals surface area contributed by atoms with Gasteiger partial charge < -0.3 is 20.3 Å². The fourth-order valence-corrected chi connectivity index (χ4v) is 4.68. The van der Waals surface area contributed by atoms with Gasteiger partial charge in [0.2, 0.25) is 0 Å². The van der Waals surface area contributed by atoms with Gasteiger partial charge in [0.15, 0.2) is 0 Å². The first-order chi connectivity index (χ1) is 16.1. The Kier molecular flexibility index (Phi) is 6.44. The van der Waals surface area contributed by atoms with Crippen molar-refractivity contribution in [2.24, 2.45) is 0 Å². The molecule has 1 aliphatic carbocycles. The summed E-state index contributed by atoms with van der Waals surface area (Å²) in [6.07, 6.45) is -5.17. The predicted molar refractivity (Wildman–Crippen MR) is 120 cm³/mol. The van der Waals surface area contributed by atoms with Gasteiger partial charge in [-0.1, -0.05) is 6.07 Å². The number of halogens is 4. The van der Waals surface area contributed by atoms with Gasteiger partial charge in [0.05, 0.1) is 36.9 Å². The van der Waals surface area contributed by atoms with E-state index in [1.54, 1.807) is 30.3 Å². The van der Waals surface area contributed by atoms with Crippen LogP contribution >= 0.6 is 0 Å². The number of anilines is 1. The quantitative estimate of drug-likeness (QED) is 0.374. The highest BCUT2D eigenvalue weighted by Gasteiger charge is 2.53. The maximum atomic E-state index is 14.0. The largest absolute Gasteiger partial charge is 0.496 e. The van der Waals surface area contributed by atoms with Crippen LogP contribution in [0.15, 0.2) is 48.5 Å². The van der Waals surface area contributed by atoms with Crippen molar-refractivity contribution in [3.05, 3.63) is 65.6 Å². The molecule has 1 atom stereocenters. The van der Waals surface area contributed by atoms with Crippen LogP contribution in [0.1, 0.15) is 36.9 Å².